The summed E-state index contributed by atoms with van der Waals surface area (Å²) in [5.74, 6) is -0.471. The fourth-order valence-electron chi connectivity index (χ4n) is 4.15. The summed E-state index contributed by atoms with van der Waals surface area (Å²) in [7, 11) is 0. The first-order valence-corrected chi connectivity index (χ1v) is 12.6. The predicted molar refractivity (Wildman–Crippen MR) is 148 cm³/mol. The van der Waals surface area contributed by atoms with E-state index in [0.717, 1.165) is 23.1 Å². The van der Waals surface area contributed by atoms with Crippen molar-refractivity contribution >= 4 is 29.1 Å². The first kappa shape index (κ1) is 27.5. The van der Waals surface area contributed by atoms with Crippen LogP contribution in [0.3, 0.4) is 0 Å². The van der Waals surface area contributed by atoms with Gasteiger partial charge >= 0.3 is 0 Å². The number of nitrogen functional groups attached to an aromatic ring is 1. The summed E-state index contributed by atoms with van der Waals surface area (Å²) in [6, 6.07) is 22.5. The lowest BCUT2D eigenvalue weighted by Crippen LogP contribution is -2.41. The zero-order valence-electron chi connectivity index (χ0n) is 21.6. The van der Waals surface area contributed by atoms with Gasteiger partial charge in [0.15, 0.2) is 0 Å². The lowest BCUT2D eigenvalue weighted by Gasteiger charge is -2.23. The van der Waals surface area contributed by atoms with Crippen LogP contribution in [0.2, 0.25) is 0 Å². The lowest BCUT2D eigenvalue weighted by atomic mass is 10.1. The van der Waals surface area contributed by atoms with Crippen molar-refractivity contribution in [1.29, 1.82) is 0 Å². The highest BCUT2D eigenvalue weighted by Crippen LogP contribution is 2.17. The number of hydrogen-bond donors (Lipinski definition) is 3. The number of nitrogens with zero attached hydrogens (tertiary/aromatic N) is 1. The Balaban J connectivity index is 1.53. The molecule has 0 unspecified atom stereocenters. The molecule has 3 rings (SSSR count). The maximum Gasteiger partial charge on any atom is 0.254 e. The fraction of sp³-hybridized carbons (Fsp3) is 0.300. The van der Waals surface area contributed by atoms with Gasteiger partial charge in [0.25, 0.3) is 5.91 Å². The Morgan fingerprint density at radius 2 is 1.49 bits per heavy atom. The van der Waals surface area contributed by atoms with Crippen LogP contribution in [0.1, 0.15) is 52.7 Å². The van der Waals surface area contributed by atoms with Gasteiger partial charge in [-0.05, 0) is 56.5 Å². The summed E-state index contributed by atoms with van der Waals surface area (Å²) in [6.07, 6.45) is 2.46. The van der Waals surface area contributed by atoms with E-state index in [2.05, 4.69) is 10.6 Å². The van der Waals surface area contributed by atoms with Gasteiger partial charge in [0, 0.05) is 25.1 Å². The molecule has 0 aliphatic carbocycles. The maximum absolute atomic E-state index is 13.3. The van der Waals surface area contributed by atoms with Crippen LogP contribution >= 0.6 is 0 Å². The van der Waals surface area contributed by atoms with Crippen molar-refractivity contribution in [2.24, 2.45) is 0 Å². The Morgan fingerprint density at radius 1 is 0.811 bits per heavy atom. The van der Waals surface area contributed by atoms with Crippen molar-refractivity contribution in [3.63, 3.8) is 0 Å². The quantitative estimate of drug-likeness (QED) is 0.244. The van der Waals surface area contributed by atoms with Gasteiger partial charge in [0.2, 0.25) is 11.8 Å². The second-order valence-electron chi connectivity index (χ2n) is 9.31. The highest BCUT2D eigenvalue weighted by Gasteiger charge is 2.19. The van der Waals surface area contributed by atoms with Gasteiger partial charge in [-0.15, -0.1) is 0 Å². The van der Waals surface area contributed by atoms with E-state index >= 15 is 0 Å². The molecule has 0 aliphatic rings. The molecule has 194 valence electrons. The number of anilines is 2. The van der Waals surface area contributed by atoms with Crippen LogP contribution in [0.15, 0.2) is 72.8 Å². The van der Waals surface area contributed by atoms with Gasteiger partial charge in [-0.25, -0.2) is 0 Å². The summed E-state index contributed by atoms with van der Waals surface area (Å²) in [5.41, 5.74) is 10.6. The van der Waals surface area contributed by atoms with Crippen molar-refractivity contribution < 1.29 is 14.4 Å². The minimum absolute atomic E-state index is 0.0214. The average Bonchev–Trinajstić information content (AvgIpc) is 2.87. The molecule has 3 amide bonds. The third-order valence-corrected chi connectivity index (χ3v) is 5.99. The molecule has 0 heterocycles. The molecule has 3 aromatic rings. The molecule has 0 saturated carbocycles. The van der Waals surface area contributed by atoms with E-state index in [1.165, 1.54) is 0 Å². The molecule has 0 radical (unpaired) electrons. The SMILES string of the molecule is Cc1cc(C)cc(C(=O)N(CCCCCC(=O)Nc2ccccc2N)CC(=O)NCc2ccccc2)c1. The van der Waals surface area contributed by atoms with E-state index in [1.54, 1.807) is 17.0 Å². The number of hydrogen-bond acceptors (Lipinski definition) is 4. The number of nitrogens with two attached hydrogens (primary N) is 1. The Labute approximate surface area is 219 Å². The largest absolute Gasteiger partial charge is 0.397 e. The van der Waals surface area contributed by atoms with Crippen molar-refractivity contribution in [2.75, 3.05) is 24.1 Å². The fourth-order valence-corrected chi connectivity index (χ4v) is 4.15. The summed E-state index contributed by atoms with van der Waals surface area (Å²) in [6.45, 7) is 4.72. The summed E-state index contributed by atoms with van der Waals surface area (Å²) < 4.78 is 0. The standard InChI is InChI=1S/C30H36N4O3/c1-22-17-23(2)19-25(18-22)30(37)34(21-29(36)32-20-24-11-5-3-6-12-24)16-10-4-7-15-28(35)33-27-14-9-8-13-26(27)31/h3,5-6,8-9,11-14,17-19H,4,7,10,15-16,20-21,31H2,1-2H3,(H,32,36)(H,33,35). The molecular formula is C30H36N4O3. The van der Waals surface area contributed by atoms with E-state index in [4.69, 9.17) is 5.73 Å². The minimum atomic E-state index is -0.207. The maximum atomic E-state index is 13.3. The van der Waals surface area contributed by atoms with Crippen molar-refractivity contribution in [1.82, 2.24) is 10.2 Å². The summed E-state index contributed by atoms with van der Waals surface area (Å²) in [5, 5.41) is 5.74. The van der Waals surface area contributed by atoms with Crippen LogP contribution in [0, 0.1) is 13.8 Å². The molecule has 3 aromatic carbocycles. The first-order chi connectivity index (χ1) is 17.8. The number of benzene rings is 3. The van der Waals surface area contributed by atoms with Gasteiger partial charge in [-0.2, -0.15) is 0 Å². The van der Waals surface area contributed by atoms with E-state index < -0.39 is 0 Å². The van der Waals surface area contributed by atoms with Gasteiger partial charge in [-0.3, -0.25) is 14.4 Å². The number of aryl methyl sites for hydroxylation is 2. The average molecular weight is 501 g/mol. The second-order valence-corrected chi connectivity index (χ2v) is 9.31. The Morgan fingerprint density at radius 3 is 2.19 bits per heavy atom. The third-order valence-electron chi connectivity index (χ3n) is 5.99. The summed E-state index contributed by atoms with van der Waals surface area (Å²) >= 11 is 0. The van der Waals surface area contributed by atoms with Crippen LogP contribution in [-0.4, -0.2) is 35.7 Å². The number of unbranched alkanes of at least 4 members (excludes halogenated alkanes) is 2. The van der Waals surface area contributed by atoms with Gasteiger partial charge in [-0.1, -0.05) is 66.1 Å². The number of rotatable bonds is 12. The third kappa shape index (κ3) is 9.11. The van der Waals surface area contributed by atoms with E-state index in [-0.39, 0.29) is 24.3 Å². The minimum Gasteiger partial charge on any atom is -0.397 e. The number of carbonyl (C=O) groups is 3. The van der Waals surface area contributed by atoms with E-state index in [9.17, 15) is 14.4 Å². The topological polar surface area (TPSA) is 105 Å². The van der Waals surface area contributed by atoms with Gasteiger partial charge in [0.05, 0.1) is 17.9 Å². The lowest BCUT2D eigenvalue weighted by molar-refractivity contribution is -0.122. The van der Waals surface area contributed by atoms with E-state index in [1.807, 2.05) is 74.5 Å². The Hall–Kier alpha value is -4.13. The molecule has 0 spiro atoms. The van der Waals surface area contributed by atoms with Crippen molar-refractivity contribution in [3.05, 3.63) is 95.1 Å². The van der Waals surface area contributed by atoms with Crippen molar-refractivity contribution in [2.45, 2.75) is 46.1 Å². The van der Waals surface area contributed by atoms with Crippen LogP contribution in [0.4, 0.5) is 11.4 Å². The van der Waals surface area contributed by atoms with Crippen LogP contribution in [0.25, 0.3) is 0 Å². The molecule has 0 aromatic heterocycles. The monoisotopic (exact) mass is 500 g/mol. The molecule has 0 aliphatic heterocycles. The Bertz CT molecular complexity index is 1190. The molecule has 7 nitrogen and oxygen atoms in total. The molecular weight excluding hydrogens is 464 g/mol. The number of para-hydroxylation sites is 2. The zero-order chi connectivity index (χ0) is 26.6. The molecule has 37 heavy (non-hydrogen) atoms. The molecule has 0 saturated heterocycles. The van der Waals surface area contributed by atoms with Gasteiger partial charge in [0.1, 0.15) is 0 Å². The molecule has 0 fully saturated rings. The highest BCUT2D eigenvalue weighted by molar-refractivity contribution is 5.97. The normalized spacial score (nSPS) is 10.5. The molecule has 0 bridgehead atoms. The van der Waals surface area contributed by atoms with Crippen molar-refractivity contribution in [3.8, 4) is 0 Å². The molecule has 4 N–H and O–H groups in total. The van der Waals surface area contributed by atoms with Crippen LogP contribution in [0.5, 0.6) is 0 Å². The van der Waals surface area contributed by atoms with Gasteiger partial charge < -0.3 is 21.3 Å². The Kier molecular flexibility index (Phi) is 10.3. The smallest absolute Gasteiger partial charge is 0.254 e. The van der Waals surface area contributed by atoms with Crippen LogP contribution in [-0.2, 0) is 16.1 Å². The zero-order valence-corrected chi connectivity index (χ0v) is 21.6. The molecule has 0 atom stereocenters. The van der Waals surface area contributed by atoms with Crippen LogP contribution < -0.4 is 16.4 Å². The molecule has 7 heteroatoms. The number of nitrogens with one attached hydrogen (secondary N) is 2. The number of carbonyl (C=O) groups excluding carboxylic acids is 3. The van der Waals surface area contributed by atoms with E-state index in [0.29, 0.717) is 49.3 Å². The highest BCUT2D eigenvalue weighted by atomic mass is 16.2. The second kappa shape index (κ2) is 13.8. The first-order valence-electron chi connectivity index (χ1n) is 12.6. The predicted octanol–water partition coefficient (Wildman–Crippen LogP) is 4.84. The number of amides is 3. The summed E-state index contributed by atoms with van der Waals surface area (Å²) in [4.78, 5) is 39.9.